The van der Waals surface area contributed by atoms with Gasteiger partial charge in [-0.15, -0.1) is 0 Å². The van der Waals surface area contributed by atoms with E-state index in [1.165, 1.54) is 0 Å². The second kappa shape index (κ2) is 6.89. The van der Waals surface area contributed by atoms with E-state index in [4.69, 9.17) is 5.73 Å². The molecule has 0 aliphatic carbocycles. The fraction of sp³-hybridized carbons (Fsp3) is 0.188. The summed E-state index contributed by atoms with van der Waals surface area (Å²) in [5.74, 6) is 2.09. The highest BCUT2D eigenvalue weighted by Gasteiger charge is 2.15. The normalized spacial score (nSPS) is 11.9. The van der Waals surface area contributed by atoms with Crippen LogP contribution in [0.3, 0.4) is 0 Å². The lowest BCUT2D eigenvalue weighted by molar-refractivity contribution is 0.730. The maximum absolute atomic E-state index is 5.88. The first-order valence-electron chi connectivity index (χ1n) is 7.38. The lowest BCUT2D eigenvalue weighted by Gasteiger charge is -2.15. The van der Waals surface area contributed by atoms with Crippen LogP contribution in [-0.4, -0.2) is 33.8 Å². The summed E-state index contributed by atoms with van der Waals surface area (Å²) in [7, 11) is 1.82. The van der Waals surface area contributed by atoms with Gasteiger partial charge in [-0.1, -0.05) is 18.2 Å². The van der Waals surface area contributed by atoms with E-state index in [0.717, 1.165) is 17.1 Å². The minimum absolute atomic E-state index is 0.135. The van der Waals surface area contributed by atoms with Crippen molar-refractivity contribution in [3.63, 3.8) is 0 Å². The number of hydrogen-bond donors (Lipinski definition) is 4. The number of H-pyrrole nitrogens is 1. The van der Waals surface area contributed by atoms with Crippen LogP contribution in [0.4, 0.5) is 11.5 Å². The predicted molar refractivity (Wildman–Crippen MR) is 91.0 cm³/mol. The van der Waals surface area contributed by atoms with Crippen molar-refractivity contribution in [3.8, 4) is 11.4 Å². The van der Waals surface area contributed by atoms with Crippen molar-refractivity contribution in [1.82, 2.24) is 20.2 Å². The van der Waals surface area contributed by atoms with Crippen LogP contribution in [0.2, 0.25) is 0 Å². The number of pyridine rings is 1. The van der Waals surface area contributed by atoms with Crippen LogP contribution in [0, 0.1) is 0 Å². The summed E-state index contributed by atoms with van der Waals surface area (Å²) in [5.41, 5.74) is 7.76. The van der Waals surface area contributed by atoms with Crippen LogP contribution < -0.4 is 16.4 Å². The number of hydrogen-bond acceptors (Lipinski definition) is 6. The van der Waals surface area contributed by atoms with Gasteiger partial charge in [-0.2, -0.15) is 5.10 Å². The molecule has 1 atom stereocenters. The van der Waals surface area contributed by atoms with Crippen molar-refractivity contribution >= 4 is 11.5 Å². The summed E-state index contributed by atoms with van der Waals surface area (Å²) in [6, 6.07) is 13.5. The molecule has 0 saturated heterocycles. The molecule has 2 aromatic heterocycles. The van der Waals surface area contributed by atoms with Gasteiger partial charge < -0.3 is 16.4 Å². The first kappa shape index (κ1) is 15.0. The van der Waals surface area contributed by atoms with Crippen molar-refractivity contribution in [1.29, 1.82) is 0 Å². The molecule has 0 amide bonds. The third kappa shape index (κ3) is 3.46. The standard InChI is InChI=1S/C16H19N7/c1-18-14-9-11(7-8-19-14)15-21-16(23-22-15)13(10-17)20-12-5-3-2-4-6-12/h2-9,13,20H,10,17H2,1H3,(H,18,19)(H,21,22,23). The van der Waals surface area contributed by atoms with E-state index in [2.05, 4.69) is 30.8 Å². The molecule has 1 unspecified atom stereocenters. The molecule has 0 fully saturated rings. The van der Waals surface area contributed by atoms with Crippen molar-refractivity contribution in [2.75, 3.05) is 24.2 Å². The Labute approximate surface area is 134 Å². The van der Waals surface area contributed by atoms with E-state index in [-0.39, 0.29) is 6.04 Å². The molecule has 7 heteroatoms. The monoisotopic (exact) mass is 309 g/mol. The lowest BCUT2D eigenvalue weighted by atomic mass is 10.2. The molecule has 0 bridgehead atoms. The summed E-state index contributed by atoms with van der Waals surface area (Å²) in [4.78, 5) is 8.75. The lowest BCUT2D eigenvalue weighted by Crippen LogP contribution is -2.21. The van der Waals surface area contributed by atoms with E-state index in [1.54, 1.807) is 6.20 Å². The highest BCUT2D eigenvalue weighted by Crippen LogP contribution is 2.20. The topological polar surface area (TPSA) is 105 Å². The molecule has 3 aromatic rings. The first-order chi connectivity index (χ1) is 11.3. The highest BCUT2D eigenvalue weighted by molar-refractivity contribution is 5.59. The zero-order valence-corrected chi connectivity index (χ0v) is 12.8. The van der Waals surface area contributed by atoms with Crippen LogP contribution in [0.5, 0.6) is 0 Å². The van der Waals surface area contributed by atoms with E-state index in [1.807, 2.05) is 49.5 Å². The number of anilines is 2. The summed E-state index contributed by atoms with van der Waals surface area (Å²) >= 11 is 0. The van der Waals surface area contributed by atoms with Crippen molar-refractivity contribution in [2.24, 2.45) is 5.73 Å². The van der Waals surface area contributed by atoms with E-state index >= 15 is 0 Å². The van der Waals surface area contributed by atoms with Crippen LogP contribution in [0.1, 0.15) is 11.9 Å². The molecule has 118 valence electrons. The Morgan fingerprint density at radius 1 is 1.22 bits per heavy atom. The summed E-state index contributed by atoms with van der Waals surface area (Å²) in [6.45, 7) is 0.404. The number of aromatic amines is 1. The molecule has 0 saturated carbocycles. The fourth-order valence-electron chi connectivity index (χ4n) is 2.24. The molecule has 0 aliphatic rings. The van der Waals surface area contributed by atoms with Gasteiger partial charge in [0.05, 0.1) is 6.04 Å². The smallest absolute Gasteiger partial charge is 0.181 e. The third-order valence-electron chi connectivity index (χ3n) is 3.46. The highest BCUT2D eigenvalue weighted by atomic mass is 15.2. The number of benzene rings is 1. The van der Waals surface area contributed by atoms with Crippen molar-refractivity contribution < 1.29 is 0 Å². The quantitative estimate of drug-likeness (QED) is 0.555. The van der Waals surface area contributed by atoms with Gasteiger partial charge in [-0.25, -0.2) is 9.97 Å². The number of nitrogens with zero attached hydrogens (tertiary/aromatic N) is 3. The van der Waals surface area contributed by atoms with Crippen LogP contribution in [0.15, 0.2) is 48.7 Å². The minimum atomic E-state index is -0.135. The second-order valence-electron chi connectivity index (χ2n) is 5.02. The first-order valence-corrected chi connectivity index (χ1v) is 7.38. The Hall–Kier alpha value is -2.93. The molecule has 0 aliphatic heterocycles. The number of aromatic nitrogens is 4. The zero-order valence-electron chi connectivity index (χ0n) is 12.8. The average molecular weight is 309 g/mol. The third-order valence-corrected chi connectivity index (χ3v) is 3.46. The maximum atomic E-state index is 5.88. The Balaban J connectivity index is 1.81. The SMILES string of the molecule is CNc1cc(-c2n[nH]c(C(CN)Nc3ccccc3)n2)ccn1. The zero-order chi connectivity index (χ0) is 16.1. The van der Waals surface area contributed by atoms with Gasteiger partial charge in [0.25, 0.3) is 0 Å². The van der Waals surface area contributed by atoms with Gasteiger partial charge in [0.15, 0.2) is 5.82 Å². The number of para-hydroxylation sites is 1. The Morgan fingerprint density at radius 3 is 2.78 bits per heavy atom. The van der Waals surface area contributed by atoms with E-state index in [0.29, 0.717) is 18.2 Å². The maximum Gasteiger partial charge on any atom is 0.181 e. The Morgan fingerprint density at radius 2 is 2.04 bits per heavy atom. The van der Waals surface area contributed by atoms with Gasteiger partial charge >= 0.3 is 0 Å². The molecular weight excluding hydrogens is 290 g/mol. The summed E-state index contributed by atoms with van der Waals surface area (Å²) in [5, 5.41) is 13.6. The number of nitrogens with one attached hydrogen (secondary N) is 3. The Bertz CT molecular complexity index is 754. The second-order valence-corrected chi connectivity index (χ2v) is 5.02. The van der Waals surface area contributed by atoms with Gasteiger partial charge in [0.1, 0.15) is 11.6 Å². The summed E-state index contributed by atoms with van der Waals surface area (Å²) in [6.07, 6.45) is 1.72. The number of rotatable bonds is 6. The molecule has 2 heterocycles. The van der Waals surface area contributed by atoms with Crippen LogP contribution >= 0.6 is 0 Å². The van der Waals surface area contributed by atoms with Crippen molar-refractivity contribution in [2.45, 2.75) is 6.04 Å². The van der Waals surface area contributed by atoms with Gasteiger partial charge in [0, 0.05) is 31.0 Å². The Kier molecular flexibility index (Phi) is 4.49. The molecule has 5 N–H and O–H groups in total. The molecular formula is C16H19N7. The van der Waals surface area contributed by atoms with E-state index < -0.39 is 0 Å². The van der Waals surface area contributed by atoms with Gasteiger partial charge in [-0.3, -0.25) is 5.10 Å². The minimum Gasteiger partial charge on any atom is -0.374 e. The average Bonchev–Trinajstić information content (AvgIpc) is 3.10. The molecule has 0 spiro atoms. The molecule has 23 heavy (non-hydrogen) atoms. The molecule has 1 aromatic carbocycles. The van der Waals surface area contributed by atoms with E-state index in [9.17, 15) is 0 Å². The van der Waals surface area contributed by atoms with Crippen molar-refractivity contribution in [3.05, 3.63) is 54.5 Å². The molecule has 7 nitrogen and oxygen atoms in total. The largest absolute Gasteiger partial charge is 0.374 e. The van der Waals surface area contributed by atoms with Crippen LogP contribution in [-0.2, 0) is 0 Å². The fourth-order valence-corrected chi connectivity index (χ4v) is 2.24. The van der Waals surface area contributed by atoms with Crippen LogP contribution in [0.25, 0.3) is 11.4 Å². The molecule has 3 rings (SSSR count). The summed E-state index contributed by atoms with van der Waals surface area (Å²) < 4.78 is 0. The molecule has 0 radical (unpaired) electrons. The van der Waals surface area contributed by atoms with Gasteiger partial charge in [-0.05, 0) is 24.3 Å². The predicted octanol–water partition coefficient (Wildman–Crippen LogP) is 2.02. The van der Waals surface area contributed by atoms with Gasteiger partial charge in [0.2, 0.25) is 0 Å². The number of nitrogens with two attached hydrogens (primary N) is 1.